The molecule has 18 heavy (non-hydrogen) atoms. The lowest BCUT2D eigenvalue weighted by molar-refractivity contribution is 0.598. The molecule has 1 aliphatic heterocycles. The molecule has 2 nitrogen and oxygen atoms in total. The van der Waals surface area contributed by atoms with Gasteiger partial charge in [-0.1, -0.05) is 26.0 Å². The third kappa shape index (κ3) is 2.86. The van der Waals surface area contributed by atoms with E-state index in [-0.39, 0.29) is 0 Å². The van der Waals surface area contributed by atoms with Crippen LogP contribution < -0.4 is 10.2 Å². The summed E-state index contributed by atoms with van der Waals surface area (Å²) in [5, 5.41) is 3.46. The molecule has 1 fully saturated rings. The van der Waals surface area contributed by atoms with Crippen molar-refractivity contribution in [2.24, 2.45) is 0 Å². The molecule has 0 bridgehead atoms. The highest BCUT2D eigenvalue weighted by atomic mass is 15.2. The Hall–Kier alpha value is -1.02. The van der Waals surface area contributed by atoms with E-state index in [2.05, 4.69) is 55.3 Å². The van der Waals surface area contributed by atoms with Crippen LogP contribution in [-0.4, -0.2) is 19.1 Å². The van der Waals surface area contributed by atoms with Crippen molar-refractivity contribution in [1.29, 1.82) is 0 Å². The normalized spacial score (nSPS) is 21.3. The number of hydrogen-bond donors (Lipinski definition) is 1. The van der Waals surface area contributed by atoms with Gasteiger partial charge < -0.3 is 10.2 Å². The standard InChI is InChI=1S/C16H26N2/c1-4-15-7-6-12-18(15)16-10-8-14(9-11-16)13(3)17-5-2/h8-11,13,15,17H,4-7,12H2,1-3H3. The van der Waals surface area contributed by atoms with Crippen molar-refractivity contribution in [3.8, 4) is 0 Å². The Morgan fingerprint density at radius 3 is 2.61 bits per heavy atom. The summed E-state index contributed by atoms with van der Waals surface area (Å²) in [6.07, 6.45) is 3.95. The van der Waals surface area contributed by atoms with Crippen molar-refractivity contribution in [1.82, 2.24) is 5.32 Å². The monoisotopic (exact) mass is 246 g/mol. The number of benzene rings is 1. The van der Waals surface area contributed by atoms with Gasteiger partial charge in [-0.15, -0.1) is 0 Å². The molecule has 0 aliphatic carbocycles. The fourth-order valence-electron chi connectivity index (χ4n) is 2.98. The van der Waals surface area contributed by atoms with Gasteiger partial charge in [-0.05, 0) is 50.4 Å². The highest BCUT2D eigenvalue weighted by Gasteiger charge is 2.22. The molecule has 100 valence electrons. The predicted molar refractivity (Wildman–Crippen MR) is 79.2 cm³/mol. The third-order valence-electron chi connectivity index (χ3n) is 4.08. The molecule has 1 N–H and O–H groups in total. The molecule has 2 atom stereocenters. The summed E-state index contributed by atoms with van der Waals surface area (Å²) in [4.78, 5) is 2.57. The zero-order valence-corrected chi connectivity index (χ0v) is 11.9. The molecule has 1 aliphatic rings. The molecule has 0 radical (unpaired) electrons. The Morgan fingerprint density at radius 1 is 1.28 bits per heavy atom. The van der Waals surface area contributed by atoms with E-state index < -0.39 is 0 Å². The van der Waals surface area contributed by atoms with E-state index in [4.69, 9.17) is 0 Å². The summed E-state index contributed by atoms with van der Waals surface area (Å²) in [7, 11) is 0. The van der Waals surface area contributed by atoms with E-state index in [1.54, 1.807) is 0 Å². The first kappa shape index (κ1) is 13.4. The number of anilines is 1. The maximum Gasteiger partial charge on any atom is 0.0368 e. The van der Waals surface area contributed by atoms with Gasteiger partial charge in [0.1, 0.15) is 0 Å². The maximum absolute atomic E-state index is 3.46. The number of nitrogens with one attached hydrogen (secondary N) is 1. The fraction of sp³-hybridized carbons (Fsp3) is 0.625. The summed E-state index contributed by atoms with van der Waals surface area (Å²) in [5.41, 5.74) is 2.78. The third-order valence-corrected chi connectivity index (χ3v) is 4.08. The van der Waals surface area contributed by atoms with Crippen molar-refractivity contribution in [3.05, 3.63) is 29.8 Å². The van der Waals surface area contributed by atoms with Gasteiger partial charge in [0.25, 0.3) is 0 Å². The molecule has 2 heteroatoms. The van der Waals surface area contributed by atoms with Gasteiger partial charge in [0, 0.05) is 24.3 Å². The molecule has 1 aromatic rings. The van der Waals surface area contributed by atoms with Crippen LogP contribution in [-0.2, 0) is 0 Å². The zero-order valence-electron chi connectivity index (χ0n) is 11.9. The molecule has 0 amide bonds. The van der Waals surface area contributed by atoms with Crippen molar-refractivity contribution < 1.29 is 0 Å². The minimum Gasteiger partial charge on any atom is -0.369 e. The molecule has 1 saturated heterocycles. The molecule has 0 saturated carbocycles. The van der Waals surface area contributed by atoms with Gasteiger partial charge in [-0.3, -0.25) is 0 Å². The maximum atomic E-state index is 3.46. The van der Waals surface area contributed by atoms with Gasteiger partial charge in [-0.2, -0.15) is 0 Å². The SMILES string of the molecule is CCNC(C)c1ccc(N2CCCC2CC)cc1. The largest absolute Gasteiger partial charge is 0.369 e. The summed E-state index contributed by atoms with van der Waals surface area (Å²) < 4.78 is 0. The quantitative estimate of drug-likeness (QED) is 0.851. The van der Waals surface area contributed by atoms with Gasteiger partial charge >= 0.3 is 0 Å². The molecule has 1 aromatic carbocycles. The van der Waals surface area contributed by atoms with Gasteiger partial charge in [-0.25, -0.2) is 0 Å². The van der Waals surface area contributed by atoms with Gasteiger partial charge in [0.15, 0.2) is 0 Å². The first-order valence-corrected chi connectivity index (χ1v) is 7.36. The Kier molecular flexibility index (Phi) is 4.65. The molecule has 2 rings (SSSR count). The van der Waals surface area contributed by atoms with Crippen LogP contribution in [0.2, 0.25) is 0 Å². The molecule has 2 unspecified atom stereocenters. The molecule has 1 heterocycles. The van der Waals surface area contributed by atoms with Crippen molar-refractivity contribution in [2.75, 3.05) is 18.0 Å². The Balaban J connectivity index is 2.07. The lowest BCUT2D eigenvalue weighted by Crippen LogP contribution is -2.28. The summed E-state index contributed by atoms with van der Waals surface area (Å²) >= 11 is 0. The van der Waals surface area contributed by atoms with Crippen LogP contribution in [0.1, 0.15) is 51.6 Å². The van der Waals surface area contributed by atoms with Crippen LogP contribution in [0.15, 0.2) is 24.3 Å². The average molecular weight is 246 g/mol. The smallest absolute Gasteiger partial charge is 0.0368 e. The summed E-state index contributed by atoms with van der Waals surface area (Å²) in [6.45, 7) is 8.92. The van der Waals surface area contributed by atoms with Crippen LogP contribution in [0, 0.1) is 0 Å². The first-order valence-electron chi connectivity index (χ1n) is 7.36. The van der Waals surface area contributed by atoms with E-state index in [9.17, 15) is 0 Å². The highest BCUT2D eigenvalue weighted by Crippen LogP contribution is 2.28. The van der Waals surface area contributed by atoms with Crippen LogP contribution in [0.3, 0.4) is 0 Å². The second kappa shape index (κ2) is 6.24. The summed E-state index contributed by atoms with van der Waals surface area (Å²) in [6, 6.07) is 10.3. The lowest BCUT2D eigenvalue weighted by Gasteiger charge is -2.26. The van der Waals surface area contributed by atoms with Crippen LogP contribution in [0.4, 0.5) is 5.69 Å². The Bertz CT molecular complexity index is 358. The Labute approximate surface area is 111 Å². The van der Waals surface area contributed by atoms with E-state index in [0.29, 0.717) is 6.04 Å². The van der Waals surface area contributed by atoms with Crippen molar-refractivity contribution in [2.45, 2.75) is 52.1 Å². The summed E-state index contributed by atoms with van der Waals surface area (Å²) in [5.74, 6) is 0. The van der Waals surface area contributed by atoms with Crippen LogP contribution >= 0.6 is 0 Å². The van der Waals surface area contributed by atoms with E-state index >= 15 is 0 Å². The Morgan fingerprint density at radius 2 is 2.00 bits per heavy atom. The fourth-order valence-corrected chi connectivity index (χ4v) is 2.98. The number of hydrogen-bond acceptors (Lipinski definition) is 2. The number of rotatable bonds is 5. The zero-order chi connectivity index (χ0) is 13.0. The topological polar surface area (TPSA) is 15.3 Å². The predicted octanol–water partition coefficient (Wildman–Crippen LogP) is 3.74. The van der Waals surface area contributed by atoms with E-state index in [1.807, 2.05) is 0 Å². The van der Waals surface area contributed by atoms with Crippen molar-refractivity contribution in [3.63, 3.8) is 0 Å². The lowest BCUT2D eigenvalue weighted by atomic mass is 10.1. The molecular weight excluding hydrogens is 220 g/mol. The van der Waals surface area contributed by atoms with E-state index in [1.165, 1.54) is 37.1 Å². The van der Waals surface area contributed by atoms with Crippen molar-refractivity contribution >= 4 is 5.69 Å². The average Bonchev–Trinajstić information content (AvgIpc) is 2.87. The molecule has 0 aromatic heterocycles. The van der Waals surface area contributed by atoms with Gasteiger partial charge in [0.2, 0.25) is 0 Å². The molecule has 0 spiro atoms. The minimum absolute atomic E-state index is 0.449. The number of nitrogens with zero attached hydrogens (tertiary/aromatic N) is 1. The van der Waals surface area contributed by atoms with Crippen LogP contribution in [0.5, 0.6) is 0 Å². The van der Waals surface area contributed by atoms with Crippen LogP contribution in [0.25, 0.3) is 0 Å². The highest BCUT2D eigenvalue weighted by molar-refractivity contribution is 5.49. The second-order valence-electron chi connectivity index (χ2n) is 5.27. The molecular formula is C16H26N2. The van der Waals surface area contributed by atoms with E-state index in [0.717, 1.165) is 12.6 Å². The van der Waals surface area contributed by atoms with Gasteiger partial charge in [0.05, 0.1) is 0 Å². The second-order valence-corrected chi connectivity index (χ2v) is 5.27. The first-order chi connectivity index (χ1) is 8.76. The minimum atomic E-state index is 0.449.